The minimum absolute atomic E-state index is 0.0105. The van der Waals surface area contributed by atoms with E-state index in [1.807, 2.05) is 30.3 Å². The van der Waals surface area contributed by atoms with Gasteiger partial charge in [-0.15, -0.1) is 0 Å². The highest BCUT2D eigenvalue weighted by molar-refractivity contribution is 5.78. The molecule has 18 heavy (non-hydrogen) atoms. The molecule has 1 fully saturated rings. The van der Waals surface area contributed by atoms with Crippen molar-refractivity contribution in [3.8, 4) is 6.07 Å². The molecule has 0 bridgehead atoms. The minimum Gasteiger partial charge on any atom is -0.352 e. The number of carbonyl (C=O) groups excluding carboxylic acids is 1. The molecule has 1 unspecified atom stereocenters. The molecule has 2 rings (SSSR count). The molecule has 1 saturated carbocycles. The number of nitriles is 1. The standard InChI is InChI=1S/C14H17N3O/c15-9-8-13(11-4-2-1-3-5-11)16-10-14(18)17-12-6-7-12/h1-5,12-13,16H,6-8,10H2,(H,17,18). The number of benzene rings is 1. The molecule has 1 aromatic carbocycles. The zero-order valence-corrected chi connectivity index (χ0v) is 10.2. The van der Waals surface area contributed by atoms with E-state index in [2.05, 4.69) is 16.7 Å². The summed E-state index contributed by atoms with van der Waals surface area (Å²) >= 11 is 0. The first kappa shape index (κ1) is 12.6. The fraction of sp³-hybridized carbons (Fsp3) is 0.429. The van der Waals surface area contributed by atoms with Crippen molar-refractivity contribution in [3.63, 3.8) is 0 Å². The van der Waals surface area contributed by atoms with Crippen LogP contribution in [0.1, 0.15) is 30.9 Å². The van der Waals surface area contributed by atoms with E-state index in [0.717, 1.165) is 18.4 Å². The molecule has 1 amide bonds. The number of hydrogen-bond donors (Lipinski definition) is 2. The highest BCUT2D eigenvalue weighted by Gasteiger charge is 2.23. The maximum atomic E-state index is 11.6. The average molecular weight is 243 g/mol. The Labute approximate surface area is 107 Å². The highest BCUT2D eigenvalue weighted by Crippen LogP contribution is 2.18. The topological polar surface area (TPSA) is 64.9 Å². The van der Waals surface area contributed by atoms with Crippen LogP contribution in [0.2, 0.25) is 0 Å². The second-order valence-electron chi connectivity index (χ2n) is 4.55. The molecule has 1 aromatic rings. The largest absolute Gasteiger partial charge is 0.352 e. The van der Waals surface area contributed by atoms with Crippen molar-refractivity contribution in [1.29, 1.82) is 5.26 Å². The van der Waals surface area contributed by atoms with Gasteiger partial charge in [-0.05, 0) is 18.4 Å². The van der Waals surface area contributed by atoms with Crippen molar-refractivity contribution in [2.75, 3.05) is 6.54 Å². The average Bonchev–Trinajstić information content (AvgIpc) is 3.19. The molecule has 4 nitrogen and oxygen atoms in total. The van der Waals surface area contributed by atoms with Gasteiger partial charge in [0.1, 0.15) is 0 Å². The van der Waals surface area contributed by atoms with E-state index < -0.39 is 0 Å². The van der Waals surface area contributed by atoms with Gasteiger partial charge in [0, 0.05) is 12.1 Å². The SMILES string of the molecule is N#CCC(NCC(=O)NC1CC1)c1ccccc1. The number of nitrogens with zero attached hydrogens (tertiary/aromatic N) is 1. The van der Waals surface area contributed by atoms with Gasteiger partial charge in [0.25, 0.3) is 0 Å². The van der Waals surface area contributed by atoms with Gasteiger partial charge in [-0.3, -0.25) is 4.79 Å². The molecular weight excluding hydrogens is 226 g/mol. The summed E-state index contributed by atoms with van der Waals surface area (Å²) in [4.78, 5) is 11.6. The monoisotopic (exact) mass is 243 g/mol. The smallest absolute Gasteiger partial charge is 0.234 e. The van der Waals surface area contributed by atoms with Gasteiger partial charge >= 0.3 is 0 Å². The van der Waals surface area contributed by atoms with Crippen molar-refractivity contribution >= 4 is 5.91 Å². The van der Waals surface area contributed by atoms with E-state index in [1.165, 1.54) is 0 Å². The molecule has 1 aliphatic carbocycles. The molecule has 0 saturated heterocycles. The van der Waals surface area contributed by atoms with E-state index in [4.69, 9.17) is 5.26 Å². The fourth-order valence-electron chi connectivity index (χ4n) is 1.81. The number of amides is 1. The molecular formula is C14H17N3O. The Morgan fingerprint density at radius 1 is 1.39 bits per heavy atom. The first-order chi connectivity index (χ1) is 8.79. The van der Waals surface area contributed by atoms with Gasteiger partial charge in [0.15, 0.2) is 0 Å². The summed E-state index contributed by atoms with van der Waals surface area (Å²) < 4.78 is 0. The lowest BCUT2D eigenvalue weighted by molar-refractivity contribution is -0.120. The van der Waals surface area contributed by atoms with Gasteiger partial charge in [-0.2, -0.15) is 5.26 Å². The number of nitrogens with one attached hydrogen (secondary N) is 2. The van der Waals surface area contributed by atoms with Crippen LogP contribution in [0.5, 0.6) is 0 Å². The van der Waals surface area contributed by atoms with Crippen molar-refractivity contribution in [2.24, 2.45) is 0 Å². The Morgan fingerprint density at radius 3 is 2.72 bits per heavy atom. The minimum atomic E-state index is -0.0823. The third-order valence-corrected chi connectivity index (χ3v) is 2.95. The highest BCUT2D eigenvalue weighted by atomic mass is 16.2. The summed E-state index contributed by atoms with van der Waals surface area (Å²) in [5, 5.41) is 14.9. The lowest BCUT2D eigenvalue weighted by Crippen LogP contribution is -2.36. The summed E-state index contributed by atoms with van der Waals surface area (Å²) in [5.74, 6) is 0.0105. The quantitative estimate of drug-likeness (QED) is 0.796. The van der Waals surface area contributed by atoms with Crippen LogP contribution in [0.3, 0.4) is 0 Å². The third-order valence-electron chi connectivity index (χ3n) is 2.95. The lowest BCUT2D eigenvalue weighted by Gasteiger charge is -2.16. The molecule has 94 valence electrons. The van der Waals surface area contributed by atoms with Crippen LogP contribution in [0.4, 0.5) is 0 Å². The summed E-state index contributed by atoms with van der Waals surface area (Å²) in [6.07, 6.45) is 2.54. The van der Waals surface area contributed by atoms with E-state index in [0.29, 0.717) is 12.5 Å². The third kappa shape index (κ3) is 3.86. The molecule has 0 aliphatic heterocycles. The second-order valence-corrected chi connectivity index (χ2v) is 4.55. The molecule has 0 heterocycles. The summed E-state index contributed by atoms with van der Waals surface area (Å²) in [5.41, 5.74) is 1.04. The summed E-state index contributed by atoms with van der Waals surface area (Å²) in [6, 6.07) is 12.2. The van der Waals surface area contributed by atoms with E-state index in [9.17, 15) is 4.79 Å². The fourth-order valence-corrected chi connectivity index (χ4v) is 1.81. The predicted molar refractivity (Wildman–Crippen MR) is 68.6 cm³/mol. The van der Waals surface area contributed by atoms with E-state index >= 15 is 0 Å². The molecule has 0 spiro atoms. The second kappa shape index (κ2) is 6.18. The molecule has 4 heteroatoms. The normalized spacial score (nSPS) is 15.7. The molecule has 0 radical (unpaired) electrons. The summed E-state index contributed by atoms with van der Waals surface area (Å²) in [6.45, 7) is 0.262. The Morgan fingerprint density at radius 2 is 2.11 bits per heavy atom. The Bertz CT molecular complexity index is 434. The Balaban J connectivity index is 1.86. The van der Waals surface area contributed by atoms with Gasteiger partial charge in [-0.25, -0.2) is 0 Å². The van der Waals surface area contributed by atoms with E-state index in [-0.39, 0.29) is 18.5 Å². The van der Waals surface area contributed by atoms with E-state index in [1.54, 1.807) is 0 Å². The first-order valence-corrected chi connectivity index (χ1v) is 6.24. The molecule has 1 atom stereocenters. The lowest BCUT2D eigenvalue weighted by atomic mass is 10.0. The van der Waals surface area contributed by atoms with Crippen LogP contribution in [-0.2, 0) is 4.79 Å². The molecule has 2 N–H and O–H groups in total. The number of carbonyl (C=O) groups is 1. The summed E-state index contributed by atoms with van der Waals surface area (Å²) in [7, 11) is 0. The van der Waals surface area contributed by atoms with Crippen LogP contribution < -0.4 is 10.6 Å². The van der Waals surface area contributed by atoms with Gasteiger partial charge in [0.2, 0.25) is 5.91 Å². The van der Waals surface area contributed by atoms with Crippen LogP contribution in [0.25, 0.3) is 0 Å². The Hall–Kier alpha value is -1.86. The van der Waals surface area contributed by atoms with Gasteiger partial charge in [0.05, 0.1) is 19.0 Å². The number of rotatable bonds is 6. The van der Waals surface area contributed by atoms with Crippen molar-refractivity contribution < 1.29 is 4.79 Å². The van der Waals surface area contributed by atoms with Gasteiger partial charge < -0.3 is 10.6 Å². The van der Waals surface area contributed by atoms with Crippen molar-refractivity contribution in [2.45, 2.75) is 31.3 Å². The van der Waals surface area contributed by atoms with Crippen LogP contribution >= 0.6 is 0 Å². The van der Waals surface area contributed by atoms with Crippen LogP contribution in [-0.4, -0.2) is 18.5 Å². The maximum absolute atomic E-state index is 11.6. The predicted octanol–water partition coefficient (Wildman–Crippen LogP) is 1.51. The van der Waals surface area contributed by atoms with Crippen LogP contribution in [0, 0.1) is 11.3 Å². The zero-order valence-electron chi connectivity index (χ0n) is 10.2. The molecule has 0 aromatic heterocycles. The van der Waals surface area contributed by atoms with Crippen molar-refractivity contribution in [1.82, 2.24) is 10.6 Å². The van der Waals surface area contributed by atoms with Gasteiger partial charge in [-0.1, -0.05) is 30.3 Å². The number of hydrogen-bond acceptors (Lipinski definition) is 3. The maximum Gasteiger partial charge on any atom is 0.234 e. The zero-order chi connectivity index (χ0) is 12.8. The van der Waals surface area contributed by atoms with Crippen molar-refractivity contribution in [3.05, 3.63) is 35.9 Å². The van der Waals surface area contributed by atoms with Crippen LogP contribution in [0.15, 0.2) is 30.3 Å². The first-order valence-electron chi connectivity index (χ1n) is 6.24. The molecule has 1 aliphatic rings. The Kier molecular flexibility index (Phi) is 4.32.